The number of Topliss-reactive ketones (excluding diaryl/α,β-unsaturated/α-hetero) is 1. The van der Waals surface area contributed by atoms with E-state index in [4.69, 9.17) is 15.2 Å². The number of rotatable bonds is 10. The summed E-state index contributed by atoms with van der Waals surface area (Å²) in [5.74, 6) is 1.02. The van der Waals surface area contributed by atoms with Gasteiger partial charge >= 0.3 is 0 Å². The third-order valence-electron chi connectivity index (χ3n) is 7.89. The number of nitrogens with two attached hydrogens (primary N) is 1. The average molecular weight is 645 g/mol. The standard InChI is InChI=1S/C33H36N6O4S2/c1-19-6-9-21(10-7-19)28-22(17-34)30(35)39(23-15-33(2,3)16-24(40)29(23)28)31-37-38-32(45-31)44-18-27(41)36-13-12-20-8-11-25(42-4)26(14-20)43-5/h6-11,14,28H,12-13,15-16,18,35H2,1-5H3,(H,36,41). The van der Waals surface area contributed by atoms with Crippen molar-refractivity contribution < 1.29 is 19.1 Å². The molecule has 5 rings (SSSR count). The second-order valence-electron chi connectivity index (χ2n) is 11.8. The zero-order chi connectivity index (χ0) is 32.3. The topological polar surface area (TPSA) is 143 Å². The van der Waals surface area contributed by atoms with Gasteiger partial charge in [-0.2, -0.15) is 5.26 Å². The van der Waals surface area contributed by atoms with E-state index in [9.17, 15) is 14.9 Å². The highest BCUT2D eigenvalue weighted by Gasteiger charge is 2.45. The molecule has 0 spiro atoms. The van der Waals surface area contributed by atoms with Crippen molar-refractivity contribution in [3.63, 3.8) is 0 Å². The second kappa shape index (κ2) is 13.3. The maximum Gasteiger partial charge on any atom is 0.230 e. The summed E-state index contributed by atoms with van der Waals surface area (Å²) in [4.78, 5) is 28.1. The molecule has 1 amide bonds. The van der Waals surface area contributed by atoms with Crippen LogP contribution in [-0.4, -0.2) is 48.4 Å². The van der Waals surface area contributed by atoms with Crippen molar-refractivity contribution in [1.29, 1.82) is 5.26 Å². The van der Waals surface area contributed by atoms with Gasteiger partial charge in [-0.15, -0.1) is 10.2 Å². The van der Waals surface area contributed by atoms with Gasteiger partial charge in [-0.3, -0.25) is 14.5 Å². The van der Waals surface area contributed by atoms with Crippen LogP contribution in [0.3, 0.4) is 0 Å². The molecular weight excluding hydrogens is 609 g/mol. The minimum absolute atomic E-state index is 0.000874. The van der Waals surface area contributed by atoms with Crippen LogP contribution in [0.1, 0.15) is 49.3 Å². The number of hydrogen-bond donors (Lipinski definition) is 2. The number of amides is 1. The lowest BCUT2D eigenvalue weighted by atomic mass is 9.68. The van der Waals surface area contributed by atoms with Crippen LogP contribution in [0.25, 0.3) is 0 Å². The van der Waals surface area contributed by atoms with Crippen LogP contribution in [0.2, 0.25) is 0 Å². The molecule has 2 aromatic carbocycles. The fourth-order valence-electron chi connectivity index (χ4n) is 5.73. The van der Waals surface area contributed by atoms with Crippen molar-refractivity contribution in [2.45, 2.75) is 50.3 Å². The summed E-state index contributed by atoms with van der Waals surface area (Å²) in [7, 11) is 3.18. The summed E-state index contributed by atoms with van der Waals surface area (Å²) in [5.41, 5.74) is 11.0. The number of carbonyl (C=O) groups excluding carboxylic acids is 2. The Hall–Kier alpha value is -4.34. The summed E-state index contributed by atoms with van der Waals surface area (Å²) in [6.45, 7) is 6.57. The number of ether oxygens (including phenoxy) is 2. The first-order valence-corrected chi connectivity index (χ1v) is 16.3. The highest BCUT2D eigenvalue weighted by atomic mass is 32.2. The number of thioether (sulfide) groups is 1. The maximum absolute atomic E-state index is 13.7. The summed E-state index contributed by atoms with van der Waals surface area (Å²) in [5, 5.41) is 22.4. The summed E-state index contributed by atoms with van der Waals surface area (Å²) in [6.07, 6.45) is 1.59. The van der Waals surface area contributed by atoms with Crippen LogP contribution < -0.4 is 25.4 Å². The van der Waals surface area contributed by atoms with Crippen LogP contribution in [0.15, 0.2) is 69.5 Å². The predicted octanol–water partition coefficient (Wildman–Crippen LogP) is 5.26. The minimum Gasteiger partial charge on any atom is -0.493 e. The quantitative estimate of drug-likeness (QED) is 0.281. The SMILES string of the molecule is COc1ccc(CCNC(=O)CSc2nnc(N3C(N)=C(C#N)C(c4ccc(C)cc4)C4=C3CC(C)(C)CC4=O)s2)cc1OC. The third kappa shape index (κ3) is 6.84. The molecule has 0 radical (unpaired) electrons. The molecule has 0 fully saturated rings. The van der Waals surface area contributed by atoms with E-state index in [2.05, 4.69) is 35.4 Å². The first-order valence-electron chi connectivity index (χ1n) is 14.5. The van der Waals surface area contributed by atoms with E-state index in [1.165, 1.54) is 23.1 Å². The van der Waals surface area contributed by atoms with Crippen molar-refractivity contribution in [3.8, 4) is 17.6 Å². The number of anilines is 1. The van der Waals surface area contributed by atoms with E-state index < -0.39 is 5.92 Å². The van der Waals surface area contributed by atoms with Crippen LogP contribution in [0.4, 0.5) is 5.13 Å². The van der Waals surface area contributed by atoms with Gasteiger partial charge in [0.2, 0.25) is 11.0 Å². The molecule has 0 saturated heterocycles. The van der Waals surface area contributed by atoms with Crippen LogP contribution >= 0.6 is 23.1 Å². The average Bonchev–Trinajstić information content (AvgIpc) is 3.47. The number of nitriles is 1. The Morgan fingerprint density at radius 2 is 1.89 bits per heavy atom. The van der Waals surface area contributed by atoms with Crippen molar-refractivity contribution in [3.05, 3.63) is 81.8 Å². The molecule has 45 heavy (non-hydrogen) atoms. The Morgan fingerprint density at radius 1 is 1.16 bits per heavy atom. The normalized spacial score (nSPS) is 17.6. The Bertz CT molecular complexity index is 1720. The smallest absolute Gasteiger partial charge is 0.230 e. The Labute approximate surface area is 271 Å². The van der Waals surface area contributed by atoms with E-state index >= 15 is 0 Å². The first-order chi connectivity index (χ1) is 21.5. The van der Waals surface area contributed by atoms with Gasteiger partial charge in [0, 0.05) is 24.2 Å². The molecule has 2 heterocycles. The molecule has 10 nitrogen and oxygen atoms in total. The van der Waals surface area contributed by atoms with Gasteiger partial charge in [-0.1, -0.05) is 72.8 Å². The van der Waals surface area contributed by atoms with Gasteiger partial charge in [-0.25, -0.2) is 0 Å². The van der Waals surface area contributed by atoms with Crippen LogP contribution in [-0.2, 0) is 16.0 Å². The number of aromatic nitrogens is 2. The van der Waals surface area contributed by atoms with E-state index in [1.54, 1.807) is 19.1 Å². The van der Waals surface area contributed by atoms with Crippen LogP contribution in [0.5, 0.6) is 11.5 Å². The molecule has 0 saturated carbocycles. The second-order valence-corrected chi connectivity index (χ2v) is 14.0. The molecule has 3 N–H and O–H groups in total. The zero-order valence-corrected chi connectivity index (χ0v) is 27.6. The van der Waals surface area contributed by atoms with Crippen molar-refractivity contribution in [1.82, 2.24) is 15.5 Å². The molecule has 1 aromatic heterocycles. The molecule has 234 valence electrons. The summed E-state index contributed by atoms with van der Waals surface area (Å²) >= 11 is 2.55. The molecular formula is C33H36N6O4S2. The zero-order valence-electron chi connectivity index (χ0n) is 26.0. The van der Waals surface area contributed by atoms with Gasteiger partial charge in [0.15, 0.2) is 21.6 Å². The lowest BCUT2D eigenvalue weighted by Crippen LogP contribution is -2.42. The fourth-order valence-corrected chi connectivity index (χ4v) is 7.44. The van der Waals surface area contributed by atoms with Gasteiger partial charge in [0.1, 0.15) is 5.82 Å². The number of aryl methyl sites for hydroxylation is 1. The van der Waals surface area contributed by atoms with Crippen LogP contribution in [0, 0.1) is 23.7 Å². The lowest BCUT2D eigenvalue weighted by molar-refractivity contribution is -0.119. The number of nitrogens with zero attached hydrogens (tertiary/aromatic N) is 4. The number of carbonyl (C=O) groups is 2. The first kappa shape index (κ1) is 32.1. The predicted molar refractivity (Wildman–Crippen MR) is 175 cm³/mol. The molecule has 1 aliphatic heterocycles. The molecule has 1 atom stereocenters. The highest BCUT2D eigenvalue weighted by Crippen LogP contribution is 2.50. The van der Waals surface area contributed by atoms with E-state index in [-0.39, 0.29) is 28.7 Å². The number of nitrogens with one attached hydrogen (secondary N) is 1. The Balaban J connectivity index is 1.32. The number of hydrogen-bond acceptors (Lipinski definition) is 11. The largest absolute Gasteiger partial charge is 0.493 e. The van der Waals surface area contributed by atoms with E-state index in [0.29, 0.717) is 57.9 Å². The molecule has 1 aliphatic carbocycles. The Kier molecular flexibility index (Phi) is 9.51. The van der Waals surface area contributed by atoms with Gasteiger partial charge in [0.25, 0.3) is 0 Å². The van der Waals surface area contributed by atoms with Gasteiger partial charge < -0.3 is 20.5 Å². The molecule has 0 bridgehead atoms. The number of allylic oxidation sites excluding steroid dienone is 3. The van der Waals surface area contributed by atoms with Crippen molar-refractivity contribution >= 4 is 39.9 Å². The van der Waals surface area contributed by atoms with Crippen molar-refractivity contribution in [2.75, 3.05) is 31.4 Å². The van der Waals surface area contributed by atoms with E-state index in [0.717, 1.165) is 22.4 Å². The summed E-state index contributed by atoms with van der Waals surface area (Å²) < 4.78 is 11.2. The maximum atomic E-state index is 13.7. The Morgan fingerprint density at radius 3 is 2.58 bits per heavy atom. The van der Waals surface area contributed by atoms with Gasteiger partial charge in [0.05, 0.1) is 37.5 Å². The molecule has 2 aliphatic rings. The monoisotopic (exact) mass is 644 g/mol. The molecule has 3 aromatic rings. The van der Waals surface area contributed by atoms with Crippen molar-refractivity contribution in [2.24, 2.45) is 11.1 Å². The molecule has 12 heteroatoms. The number of methoxy groups -OCH3 is 2. The summed E-state index contributed by atoms with van der Waals surface area (Å²) in [6, 6.07) is 15.8. The van der Waals surface area contributed by atoms with Gasteiger partial charge in [-0.05, 0) is 48.4 Å². The molecule has 1 unspecified atom stereocenters. The lowest BCUT2D eigenvalue weighted by Gasteiger charge is -2.42. The number of benzene rings is 2. The number of ketones is 1. The van der Waals surface area contributed by atoms with E-state index in [1.807, 2.05) is 49.4 Å². The third-order valence-corrected chi connectivity index (χ3v) is 9.93. The fraction of sp³-hybridized carbons (Fsp3) is 0.364. The minimum atomic E-state index is -0.546. The highest BCUT2D eigenvalue weighted by molar-refractivity contribution is 8.01.